The number of halogens is 1. The van der Waals surface area contributed by atoms with Crippen molar-refractivity contribution >= 4 is 51.4 Å². The molecule has 2 saturated carbocycles. The number of ether oxygens (including phenoxy) is 2. The zero-order valence-electron chi connectivity index (χ0n) is 16.8. The van der Waals surface area contributed by atoms with E-state index in [1.54, 1.807) is 6.92 Å². The highest BCUT2D eigenvalue weighted by molar-refractivity contribution is 14.1. The van der Waals surface area contributed by atoms with E-state index in [0.29, 0.717) is 5.75 Å². The van der Waals surface area contributed by atoms with Crippen LogP contribution < -0.4 is 0 Å². The second-order valence-electron chi connectivity index (χ2n) is 7.58. The molecule has 0 saturated heterocycles. The Morgan fingerprint density at radius 3 is 1.59 bits per heavy atom. The van der Waals surface area contributed by atoms with Crippen molar-refractivity contribution in [2.24, 2.45) is 10.8 Å². The number of thioether (sulfide) groups is 1. The summed E-state index contributed by atoms with van der Waals surface area (Å²) in [6.07, 6.45) is 10.7. The maximum absolute atomic E-state index is 11.8. The third-order valence-electron chi connectivity index (χ3n) is 5.67. The third-order valence-corrected chi connectivity index (χ3v) is 8.23. The number of alkyl halides is 1. The number of carbonyl (C=O) groups excluding carboxylic acids is 3. The van der Waals surface area contributed by atoms with Crippen molar-refractivity contribution in [3.63, 3.8) is 0 Å². The largest absolute Gasteiger partial charge is 0.469 e. The van der Waals surface area contributed by atoms with Gasteiger partial charge in [-0.1, -0.05) is 72.9 Å². The average Bonchev–Trinajstić information content (AvgIpc) is 2.72. The number of rotatable bonds is 5. The number of hydrogen-bond donors (Lipinski definition) is 0. The van der Waals surface area contributed by atoms with Gasteiger partial charge in [-0.3, -0.25) is 14.4 Å². The smallest absolute Gasteiger partial charge is 0.312 e. The first-order valence-electron chi connectivity index (χ1n) is 9.72. The van der Waals surface area contributed by atoms with Crippen LogP contribution >= 0.6 is 34.4 Å². The van der Waals surface area contributed by atoms with E-state index in [2.05, 4.69) is 22.6 Å². The van der Waals surface area contributed by atoms with Crippen LogP contribution in [0.1, 0.15) is 71.1 Å². The molecule has 0 unspecified atom stereocenters. The second kappa shape index (κ2) is 12.3. The molecule has 0 radical (unpaired) electrons. The monoisotopic (exact) mass is 512 g/mol. The molecule has 7 heteroatoms. The highest BCUT2D eigenvalue weighted by Crippen LogP contribution is 2.40. The van der Waals surface area contributed by atoms with E-state index in [9.17, 15) is 14.4 Å². The van der Waals surface area contributed by atoms with Crippen LogP contribution in [0, 0.1) is 10.8 Å². The summed E-state index contributed by atoms with van der Waals surface area (Å²) in [7, 11) is 2.92. The van der Waals surface area contributed by atoms with Crippen molar-refractivity contribution in [1.29, 1.82) is 0 Å². The lowest BCUT2D eigenvalue weighted by atomic mass is 9.75. The molecule has 0 amide bonds. The topological polar surface area (TPSA) is 69.7 Å². The van der Waals surface area contributed by atoms with Crippen molar-refractivity contribution in [2.75, 3.05) is 24.4 Å². The highest BCUT2D eigenvalue weighted by atomic mass is 127. The first-order valence-corrected chi connectivity index (χ1v) is 12.2. The zero-order chi connectivity index (χ0) is 20.3. The standard InChI is InChI=1S/C11H18O3S.C9H15IO2/c1-9(12)15-8-11(10(13)14-2)6-4-3-5-7-11;1-12-8(11)9(7-10)5-3-2-4-6-9/h3-8H2,1-2H3;2-7H2,1H3. The first kappa shape index (κ1) is 24.7. The van der Waals surface area contributed by atoms with E-state index >= 15 is 0 Å². The molecule has 0 aliphatic heterocycles. The van der Waals surface area contributed by atoms with Crippen molar-refractivity contribution < 1.29 is 23.9 Å². The van der Waals surface area contributed by atoms with E-state index in [1.165, 1.54) is 51.7 Å². The molecule has 156 valence electrons. The van der Waals surface area contributed by atoms with E-state index < -0.39 is 5.41 Å². The van der Waals surface area contributed by atoms with Crippen LogP contribution in [-0.4, -0.2) is 41.5 Å². The molecule has 0 spiro atoms. The Kier molecular flexibility index (Phi) is 11.3. The Hall–Kier alpha value is -0.310. The summed E-state index contributed by atoms with van der Waals surface area (Å²) < 4.78 is 10.6. The fraction of sp³-hybridized carbons (Fsp3) is 0.850. The van der Waals surface area contributed by atoms with Gasteiger partial charge in [-0.2, -0.15) is 0 Å². The van der Waals surface area contributed by atoms with Crippen LogP contribution in [0.2, 0.25) is 0 Å². The van der Waals surface area contributed by atoms with Crippen LogP contribution in [0.15, 0.2) is 0 Å². The van der Waals surface area contributed by atoms with Crippen molar-refractivity contribution in [2.45, 2.75) is 71.1 Å². The number of esters is 2. The SMILES string of the molecule is COC(=O)C1(CI)CCCCC1.COC(=O)C1(CSC(C)=O)CCCCC1. The molecule has 27 heavy (non-hydrogen) atoms. The highest BCUT2D eigenvalue weighted by Gasteiger charge is 2.41. The molecule has 0 atom stereocenters. The van der Waals surface area contributed by atoms with Gasteiger partial charge in [0.05, 0.1) is 25.0 Å². The number of methoxy groups -OCH3 is 2. The summed E-state index contributed by atoms with van der Waals surface area (Å²) >= 11 is 3.54. The average molecular weight is 512 g/mol. The van der Waals surface area contributed by atoms with Gasteiger partial charge in [-0.25, -0.2) is 0 Å². The minimum absolute atomic E-state index is 0.00315. The zero-order valence-corrected chi connectivity index (χ0v) is 19.8. The lowest BCUT2D eigenvalue weighted by Crippen LogP contribution is -2.37. The Morgan fingerprint density at radius 1 is 0.815 bits per heavy atom. The van der Waals surface area contributed by atoms with Gasteiger partial charge >= 0.3 is 11.9 Å². The van der Waals surface area contributed by atoms with E-state index in [0.717, 1.165) is 43.0 Å². The summed E-state index contributed by atoms with van der Waals surface area (Å²) in [6.45, 7) is 1.54. The molecule has 2 aliphatic rings. The fourth-order valence-corrected chi connectivity index (χ4v) is 5.89. The lowest BCUT2D eigenvalue weighted by Gasteiger charge is -2.33. The van der Waals surface area contributed by atoms with Gasteiger partial charge in [0.1, 0.15) is 0 Å². The third kappa shape index (κ3) is 7.22. The Bertz CT molecular complexity index is 497. The molecule has 0 heterocycles. The van der Waals surface area contributed by atoms with Crippen molar-refractivity contribution in [3.8, 4) is 0 Å². The summed E-state index contributed by atoms with van der Waals surface area (Å²) in [5.41, 5.74) is -0.545. The summed E-state index contributed by atoms with van der Waals surface area (Å²) in [6, 6.07) is 0. The first-order chi connectivity index (χ1) is 12.9. The van der Waals surface area contributed by atoms with Crippen molar-refractivity contribution in [3.05, 3.63) is 0 Å². The summed E-state index contributed by atoms with van der Waals surface area (Å²) in [4.78, 5) is 34.2. The van der Waals surface area contributed by atoms with E-state index in [4.69, 9.17) is 9.47 Å². The minimum Gasteiger partial charge on any atom is -0.469 e. The molecule has 0 aromatic heterocycles. The van der Waals surface area contributed by atoms with Gasteiger partial charge in [0.25, 0.3) is 0 Å². The van der Waals surface area contributed by atoms with Crippen LogP contribution in [0.3, 0.4) is 0 Å². The van der Waals surface area contributed by atoms with Crippen LogP contribution in [-0.2, 0) is 23.9 Å². The molecule has 0 N–H and O–H groups in total. The van der Waals surface area contributed by atoms with Crippen LogP contribution in [0.25, 0.3) is 0 Å². The number of carbonyl (C=O) groups is 3. The van der Waals surface area contributed by atoms with E-state index in [-0.39, 0.29) is 22.5 Å². The molecule has 0 bridgehead atoms. The summed E-state index contributed by atoms with van der Waals surface area (Å²) in [5.74, 6) is 0.433. The van der Waals surface area contributed by atoms with Gasteiger partial charge in [0.2, 0.25) is 0 Å². The Morgan fingerprint density at radius 2 is 1.22 bits per heavy atom. The predicted octanol–water partition coefficient (Wildman–Crippen LogP) is 4.93. The predicted molar refractivity (Wildman–Crippen MR) is 117 cm³/mol. The van der Waals surface area contributed by atoms with Crippen LogP contribution in [0.4, 0.5) is 0 Å². The Labute approximate surface area is 181 Å². The van der Waals surface area contributed by atoms with Crippen LogP contribution in [0.5, 0.6) is 0 Å². The number of hydrogen-bond acceptors (Lipinski definition) is 6. The van der Waals surface area contributed by atoms with Gasteiger partial charge in [-0.15, -0.1) is 0 Å². The normalized spacial score (nSPS) is 20.6. The van der Waals surface area contributed by atoms with Gasteiger partial charge < -0.3 is 9.47 Å². The van der Waals surface area contributed by atoms with Crippen molar-refractivity contribution in [1.82, 2.24) is 0 Å². The van der Waals surface area contributed by atoms with Gasteiger partial charge in [0.15, 0.2) is 5.12 Å². The molecule has 2 rings (SSSR count). The van der Waals surface area contributed by atoms with Gasteiger partial charge in [-0.05, 0) is 25.7 Å². The molecule has 0 aromatic carbocycles. The maximum Gasteiger partial charge on any atom is 0.312 e. The lowest BCUT2D eigenvalue weighted by molar-refractivity contribution is -0.153. The minimum atomic E-state index is -0.399. The molecule has 0 aromatic rings. The molecular formula is C20H33IO5S. The Balaban J connectivity index is 0.000000277. The quantitative estimate of drug-likeness (QED) is 0.296. The van der Waals surface area contributed by atoms with E-state index in [1.807, 2.05) is 0 Å². The van der Waals surface area contributed by atoms with Gasteiger partial charge in [0, 0.05) is 17.1 Å². The second-order valence-corrected chi connectivity index (χ2v) is 9.49. The molecule has 2 aliphatic carbocycles. The molecule has 2 fully saturated rings. The fourth-order valence-electron chi connectivity index (χ4n) is 3.93. The summed E-state index contributed by atoms with van der Waals surface area (Å²) in [5, 5.41) is 0.0730. The molecule has 5 nitrogen and oxygen atoms in total. The molecular weight excluding hydrogens is 479 g/mol. The maximum atomic E-state index is 11.8.